The molecule has 1 atom stereocenters. The van der Waals surface area contributed by atoms with Crippen LogP contribution >= 0.6 is 0 Å². The molecule has 1 heterocycles. The highest BCUT2D eigenvalue weighted by Gasteiger charge is 2.20. The Bertz CT molecular complexity index is 531. The Kier molecular flexibility index (Phi) is 3.77. The number of nitrogens with one attached hydrogen (secondary N) is 1. The molecule has 0 fully saturated rings. The molecule has 1 unspecified atom stereocenters. The van der Waals surface area contributed by atoms with Crippen LogP contribution in [0.3, 0.4) is 0 Å². The second kappa shape index (κ2) is 4.88. The normalized spacial score (nSPS) is 12.8. The monoisotopic (exact) mass is 237 g/mol. The molecule has 0 amide bonds. The Balaban J connectivity index is 3.18. The molecule has 0 spiro atoms. The minimum atomic E-state index is -3.72. The number of pyridine rings is 1. The summed E-state index contributed by atoms with van der Waals surface area (Å²) >= 11 is 0. The second-order valence-electron chi connectivity index (χ2n) is 3.11. The van der Waals surface area contributed by atoms with Gasteiger partial charge >= 0.3 is 0 Å². The van der Waals surface area contributed by atoms with Crippen LogP contribution in [-0.4, -0.2) is 19.4 Å². The lowest BCUT2D eigenvalue weighted by Gasteiger charge is -2.10. The molecular weight excluding hydrogens is 226 g/mol. The van der Waals surface area contributed by atoms with E-state index in [0.29, 0.717) is 0 Å². The molecule has 1 aromatic rings. The number of aromatic nitrogens is 1. The van der Waals surface area contributed by atoms with E-state index in [1.807, 2.05) is 0 Å². The van der Waals surface area contributed by atoms with Gasteiger partial charge < -0.3 is 0 Å². The summed E-state index contributed by atoms with van der Waals surface area (Å²) in [6.07, 6.45) is 2.83. The van der Waals surface area contributed by atoms with Crippen molar-refractivity contribution < 1.29 is 8.42 Å². The SMILES string of the molecule is C=CC(C)NS(=O)(=O)c1cccnc1C#N. The van der Waals surface area contributed by atoms with Crippen molar-refractivity contribution in [1.29, 1.82) is 5.26 Å². The summed E-state index contributed by atoms with van der Waals surface area (Å²) in [5.41, 5.74) is -0.119. The zero-order valence-corrected chi connectivity index (χ0v) is 9.53. The quantitative estimate of drug-likeness (QED) is 0.785. The van der Waals surface area contributed by atoms with Gasteiger partial charge in [-0.2, -0.15) is 5.26 Å². The Morgan fingerprint density at radius 3 is 2.94 bits per heavy atom. The van der Waals surface area contributed by atoms with Crippen molar-refractivity contribution >= 4 is 10.0 Å². The van der Waals surface area contributed by atoms with Crippen molar-refractivity contribution in [2.45, 2.75) is 17.9 Å². The summed E-state index contributed by atoms with van der Waals surface area (Å²) in [5.74, 6) is 0. The minimum absolute atomic E-state index is 0.119. The first-order valence-corrected chi connectivity index (χ1v) is 5.99. The maximum absolute atomic E-state index is 11.8. The fraction of sp³-hybridized carbons (Fsp3) is 0.200. The zero-order chi connectivity index (χ0) is 12.2. The summed E-state index contributed by atoms with van der Waals surface area (Å²) in [6, 6.07) is 4.13. The Hall–Kier alpha value is -1.71. The van der Waals surface area contributed by atoms with E-state index in [4.69, 9.17) is 5.26 Å². The van der Waals surface area contributed by atoms with E-state index < -0.39 is 16.1 Å². The highest BCUT2D eigenvalue weighted by atomic mass is 32.2. The third-order valence-electron chi connectivity index (χ3n) is 1.86. The Labute approximate surface area is 94.5 Å². The van der Waals surface area contributed by atoms with Gasteiger partial charge in [0.15, 0.2) is 5.69 Å². The fourth-order valence-electron chi connectivity index (χ4n) is 1.05. The van der Waals surface area contributed by atoms with Crippen molar-refractivity contribution in [3.8, 4) is 6.07 Å². The van der Waals surface area contributed by atoms with Gasteiger partial charge in [-0.25, -0.2) is 18.1 Å². The standard InChI is InChI=1S/C10H11N3O2S/c1-3-8(2)13-16(14,15)10-5-4-6-12-9(10)7-11/h3-6,8,13H,1H2,2H3. The predicted octanol–water partition coefficient (Wildman–Crippen LogP) is 0.806. The average molecular weight is 237 g/mol. The molecule has 0 bridgehead atoms. The molecule has 0 aliphatic heterocycles. The summed E-state index contributed by atoms with van der Waals surface area (Å²) in [7, 11) is -3.72. The second-order valence-corrected chi connectivity index (χ2v) is 4.79. The third kappa shape index (κ3) is 2.66. The van der Waals surface area contributed by atoms with Crippen LogP contribution < -0.4 is 4.72 Å². The molecule has 0 aromatic carbocycles. The molecule has 1 aromatic heterocycles. The predicted molar refractivity (Wildman–Crippen MR) is 58.9 cm³/mol. The maximum Gasteiger partial charge on any atom is 0.243 e. The smallest absolute Gasteiger partial charge is 0.243 e. The first kappa shape index (κ1) is 12.4. The molecule has 6 heteroatoms. The number of rotatable bonds is 4. The lowest BCUT2D eigenvalue weighted by atomic mass is 10.4. The van der Waals surface area contributed by atoms with E-state index in [0.717, 1.165) is 0 Å². The molecule has 0 aliphatic carbocycles. The van der Waals surface area contributed by atoms with Crippen LogP contribution in [0.15, 0.2) is 35.9 Å². The van der Waals surface area contributed by atoms with Crippen LogP contribution in [0, 0.1) is 11.3 Å². The zero-order valence-electron chi connectivity index (χ0n) is 8.71. The maximum atomic E-state index is 11.8. The van der Waals surface area contributed by atoms with Crippen molar-refractivity contribution in [1.82, 2.24) is 9.71 Å². The number of sulfonamides is 1. The Morgan fingerprint density at radius 1 is 1.69 bits per heavy atom. The molecule has 0 radical (unpaired) electrons. The average Bonchev–Trinajstić information content (AvgIpc) is 2.28. The molecule has 0 saturated carbocycles. The van der Waals surface area contributed by atoms with Crippen molar-refractivity contribution in [3.05, 3.63) is 36.7 Å². The van der Waals surface area contributed by atoms with Gasteiger partial charge in [0.2, 0.25) is 10.0 Å². The minimum Gasteiger partial charge on any atom is -0.244 e. The van der Waals surface area contributed by atoms with Gasteiger partial charge in [-0.15, -0.1) is 6.58 Å². The molecule has 5 nitrogen and oxygen atoms in total. The molecule has 0 saturated heterocycles. The summed E-state index contributed by atoms with van der Waals surface area (Å²) in [6.45, 7) is 5.12. The van der Waals surface area contributed by atoms with E-state index in [1.165, 1.54) is 24.4 Å². The van der Waals surface area contributed by atoms with Gasteiger partial charge in [0.25, 0.3) is 0 Å². The molecular formula is C10H11N3O2S. The lowest BCUT2D eigenvalue weighted by Crippen LogP contribution is -2.31. The first-order valence-electron chi connectivity index (χ1n) is 4.51. The van der Waals surface area contributed by atoms with Crippen LogP contribution in [0.25, 0.3) is 0 Å². The van der Waals surface area contributed by atoms with Gasteiger partial charge in [0.05, 0.1) is 0 Å². The summed E-state index contributed by atoms with van der Waals surface area (Å²) < 4.78 is 26.0. The lowest BCUT2D eigenvalue weighted by molar-refractivity contribution is 0.575. The Morgan fingerprint density at radius 2 is 2.38 bits per heavy atom. The van der Waals surface area contributed by atoms with Crippen LogP contribution in [0.5, 0.6) is 0 Å². The van der Waals surface area contributed by atoms with Crippen LogP contribution in [-0.2, 0) is 10.0 Å². The van der Waals surface area contributed by atoms with Gasteiger partial charge in [0, 0.05) is 12.2 Å². The number of nitrogens with zero attached hydrogens (tertiary/aromatic N) is 2. The molecule has 1 N–H and O–H groups in total. The first-order chi connectivity index (χ1) is 7.51. The van der Waals surface area contributed by atoms with Crippen molar-refractivity contribution in [2.24, 2.45) is 0 Å². The number of nitriles is 1. The molecule has 1 rings (SSSR count). The van der Waals surface area contributed by atoms with Crippen LogP contribution in [0.4, 0.5) is 0 Å². The van der Waals surface area contributed by atoms with Crippen LogP contribution in [0.1, 0.15) is 12.6 Å². The van der Waals surface area contributed by atoms with E-state index in [1.54, 1.807) is 13.0 Å². The molecule has 16 heavy (non-hydrogen) atoms. The van der Waals surface area contributed by atoms with E-state index in [9.17, 15) is 8.42 Å². The highest BCUT2D eigenvalue weighted by Crippen LogP contribution is 2.12. The highest BCUT2D eigenvalue weighted by molar-refractivity contribution is 7.89. The molecule has 84 valence electrons. The summed E-state index contributed by atoms with van der Waals surface area (Å²) in [4.78, 5) is 3.57. The topological polar surface area (TPSA) is 82.8 Å². The van der Waals surface area contributed by atoms with Crippen molar-refractivity contribution in [3.63, 3.8) is 0 Å². The molecule has 0 aliphatic rings. The largest absolute Gasteiger partial charge is 0.244 e. The van der Waals surface area contributed by atoms with Gasteiger partial charge in [0.1, 0.15) is 11.0 Å². The number of hydrogen-bond donors (Lipinski definition) is 1. The third-order valence-corrected chi connectivity index (χ3v) is 3.45. The van der Waals surface area contributed by atoms with E-state index in [-0.39, 0.29) is 10.6 Å². The van der Waals surface area contributed by atoms with Gasteiger partial charge in [-0.3, -0.25) is 0 Å². The van der Waals surface area contributed by atoms with Crippen LogP contribution in [0.2, 0.25) is 0 Å². The van der Waals surface area contributed by atoms with E-state index in [2.05, 4.69) is 16.3 Å². The fourth-order valence-corrected chi connectivity index (χ4v) is 2.37. The van der Waals surface area contributed by atoms with E-state index >= 15 is 0 Å². The number of hydrogen-bond acceptors (Lipinski definition) is 4. The van der Waals surface area contributed by atoms with Gasteiger partial charge in [-0.1, -0.05) is 6.08 Å². The van der Waals surface area contributed by atoms with Crippen molar-refractivity contribution in [2.75, 3.05) is 0 Å². The van der Waals surface area contributed by atoms with Gasteiger partial charge in [-0.05, 0) is 19.1 Å². The summed E-state index contributed by atoms with van der Waals surface area (Å²) in [5, 5.41) is 8.75.